The number of amides is 1. The Morgan fingerprint density at radius 2 is 2.23 bits per heavy atom. The number of carbonyl (C=O) groups excluding carboxylic acids is 1. The highest BCUT2D eigenvalue weighted by molar-refractivity contribution is 7.10. The van der Waals surface area contributed by atoms with E-state index in [1.165, 1.54) is 30.6 Å². The van der Waals surface area contributed by atoms with Crippen molar-refractivity contribution in [3.8, 4) is 5.75 Å². The van der Waals surface area contributed by atoms with Crippen molar-refractivity contribution in [3.05, 3.63) is 52.0 Å². The number of aliphatic hydroxyl groups is 1. The number of hydrogen-bond donors (Lipinski definition) is 2. The fraction of sp³-hybridized carbons (Fsp3) is 0.312. The van der Waals surface area contributed by atoms with Gasteiger partial charge in [-0.25, -0.2) is 4.39 Å². The average molecular weight is 323 g/mol. The van der Waals surface area contributed by atoms with Crippen LogP contribution in [0.2, 0.25) is 0 Å². The van der Waals surface area contributed by atoms with Crippen LogP contribution in [0, 0.1) is 5.82 Å². The van der Waals surface area contributed by atoms with Gasteiger partial charge in [-0.15, -0.1) is 11.3 Å². The minimum atomic E-state index is -1.12. The van der Waals surface area contributed by atoms with E-state index < -0.39 is 11.4 Å². The second-order valence-corrected chi connectivity index (χ2v) is 6.12. The van der Waals surface area contributed by atoms with E-state index in [1.807, 2.05) is 17.5 Å². The molecule has 0 aliphatic rings. The Morgan fingerprint density at radius 3 is 2.82 bits per heavy atom. The van der Waals surface area contributed by atoms with Crippen LogP contribution in [0.3, 0.4) is 0 Å². The zero-order valence-electron chi connectivity index (χ0n) is 12.4. The molecule has 1 aromatic carbocycles. The summed E-state index contributed by atoms with van der Waals surface area (Å²) in [5.41, 5.74) is -0.568. The maximum atomic E-state index is 13.6. The maximum Gasteiger partial charge on any atom is 0.224 e. The fourth-order valence-electron chi connectivity index (χ4n) is 2.01. The van der Waals surface area contributed by atoms with Crippen molar-refractivity contribution in [2.24, 2.45) is 0 Å². The van der Waals surface area contributed by atoms with Gasteiger partial charge in [0.15, 0.2) is 11.6 Å². The number of benzene rings is 1. The Morgan fingerprint density at radius 1 is 1.45 bits per heavy atom. The Labute approximate surface area is 132 Å². The molecule has 22 heavy (non-hydrogen) atoms. The molecule has 0 saturated heterocycles. The Bertz CT molecular complexity index is 641. The average Bonchev–Trinajstić information content (AvgIpc) is 3.00. The summed E-state index contributed by atoms with van der Waals surface area (Å²) in [7, 11) is 1.39. The molecular formula is C16H18FNO3S. The van der Waals surface area contributed by atoms with E-state index in [0.29, 0.717) is 5.56 Å². The third-order valence-corrected chi connectivity index (χ3v) is 4.39. The Hall–Kier alpha value is -1.92. The summed E-state index contributed by atoms with van der Waals surface area (Å²) in [6.45, 7) is 1.75. The molecule has 1 heterocycles. The molecule has 2 aromatic rings. The zero-order valence-corrected chi connectivity index (χ0v) is 13.2. The SMILES string of the molecule is COc1ccc(CC(=O)NCC(C)(O)c2cccs2)cc1F. The van der Waals surface area contributed by atoms with Crippen LogP contribution >= 0.6 is 11.3 Å². The van der Waals surface area contributed by atoms with Crippen LogP contribution in [0.1, 0.15) is 17.4 Å². The number of hydrogen-bond acceptors (Lipinski definition) is 4. The van der Waals surface area contributed by atoms with E-state index in [2.05, 4.69) is 5.32 Å². The topological polar surface area (TPSA) is 58.6 Å². The van der Waals surface area contributed by atoms with Crippen molar-refractivity contribution in [2.45, 2.75) is 18.9 Å². The van der Waals surface area contributed by atoms with Gasteiger partial charge in [0, 0.05) is 4.88 Å². The Balaban J connectivity index is 1.92. The quantitative estimate of drug-likeness (QED) is 0.858. The molecule has 6 heteroatoms. The number of halogens is 1. The van der Waals surface area contributed by atoms with Gasteiger partial charge in [0.2, 0.25) is 5.91 Å². The van der Waals surface area contributed by atoms with Crippen molar-refractivity contribution < 1.29 is 19.0 Å². The lowest BCUT2D eigenvalue weighted by atomic mass is 10.0. The summed E-state index contributed by atoms with van der Waals surface area (Å²) in [6, 6.07) is 8.06. The molecule has 4 nitrogen and oxygen atoms in total. The van der Waals surface area contributed by atoms with Crippen molar-refractivity contribution >= 4 is 17.2 Å². The van der Waals surface area contributed by atoms with Crippen molar-refractivity contribution in [1.29, 1.82) is 0 Å². The van der Waals surface area contributed by atoms with Gasteiger partial charge < -0.3 is 15.2 Å². The smallest absolute Gasteiger partial charge is 0.224 e. The van der Waals surface area contributed by atoms with Gasteiger partial charge in [-0.2, -0.15) is 0 Å². The van der Waals surface area contributed by atoms with E-state index in [1.54, 1.807) is 13.0 Å². The number of thiophene rings is 1. The fourth-order valence-corrected chi connectivity index (χ4v) is 2.80. The highest BCUT2D eigenvalue weighted by Crippen LogP contribution is 2.24. The molecule has 0 aliphatic heterocycles. The summed E-state index contributed by atoms with van der Waals surface area (Å²) in [6.07, 6.45) is 0.0431. The first kappa shape index (κ1) is 16.5. The van der Waals surface area contributed by atoms with Crippen LogP contribution in [-0.2, 0) is 16.8 Å². The lowest BCUT2D eigenvalue weighted by Crippen LogP contribution is -2.38. The molecule has 1 unspecified atom stereocenters. The van der Waals surface area contributed by atoms with Crippen molar-refractivity contribution in [3.63, 3.8) is 0 Å². The van der Waals surface area contributed by atoms with Gasteiger partial charge in [0.1, 0.15) is 5.60 Å². The molecular weight excluding hydrogens is 305 g/mol. The molecule has 1 aromatic heterocycles. The van der Waals surface area contributed by atoms with E-state index >= 15 is 0 Å². The number of methoxy groups -OCH3 is 1. The highest BCUT2D eigenvalue weighted by atomic mass is 32.1. The van der Waals surface area contributed by atoms with Crippen molar-refractivity contribution in [2.75, 3.05) is 13.7 Å². The largest absolute Gasteiger partial charge is 0.494 e. The maximum absolute atomic E-state index is 13.6. The molecule has 0 spiro atoms. The van der Waals surface area contributed by atoms with Gasteiger partial charge >= 0.3 is 0 Å². The van der Waals surface area contributed by atoms with Gasteiger partial charge in [-0.3, -0.25) is 4.79 Å². The molecule has 2 N–H and O–H groups in total. The molecule has 0 fully saturated rings. The lowest BCUT2D eigenvalue weighted by molar-refractivity contribution is -0.121. The monoisotopic (exact) mass is 323 g/mol. The van der Waals surface area contributed by atoms with Crippen molar-refractivity contribution in [1.82, 2.24) is 5.32 Å². The first-order chi connectivity index (χ1) is 10.4. The van der Waals surface area contributed by atoms with Crippen LogP contribution in [0.5, 0.6) is 5.75 Å². The van der Waals surface area contributed by atoms with E-state index in [0.717, 1.165) is 4.88 Å². The molecule has 0 aliphatic carbocycles. The lowest BCUT2D eigenvalue weighted by Gasteiger charge is -2.22. The van der Waals surface area contributed by atoms with Crippen LogP contribution in [0.15, 0.2) is 35.7 Å². The third-order valence-electron chi connectivity index (χ3n) is 3.26. The first-order valence-corrected chi connectivity index (χ1v) is 7.66. The van der Waals surface area contributed by atoms with E-state index in [-0.39, 0.29) is 24.6 Å². The second kappa shape index (κ2) is 6.89. The van der Waals surface area contributed by atoms with Crippen LogP contribution in [-0.4, -0.2) is 24.7 Å². The second-order valence-electron chi connectivity index (χ2n) is 5.17. The highest BCUT2D eigenvalue weighted by Gasteiger charge is 2.24. The first-order valence-electron chi connectivity index (χ1n) is 6.78. The summed E-state index contributed by atoms with van der Waals surface area (Å²) in [4.78, 5) is 12.7. The molecule has 118 valence electrons. The van der Waals surface area contributed by atoms with E-state index in [9.17, 15) is 14.3 Å². The van der Waals surface area contributed by atoms with Gasteiger partial charge in [0.25, 0.3) is 0 Å². The minimum absolute atomic E-state index is 0.0431. The number of nitrogens with one attached hydrogen (secondary N) is 1. The summed E-state index contributed by atoms with van der Waals surface area (Å²) in [5.74, 6) is -0.635. The summed E-state index contributed by atoms with van der Waals surface area (Å²) < 4.78 is 18.4. The predicted molar refractivity (Wildman–Crippen MR) is 83.6 cm³/mol. The number of carbonyl (C=O) groups is 1. The van der Waals surface area contributed by atoms with Crippen LogP contribution < -0.4 is 10.1 Å². The predicted octanol–water partition coefficient (Wildman–Crippen LogP) is 2.46. The summed E-state index contributed by atoms with van der Waals surface area (Å²) in [5, 5.41) is 14.9. The molecule has 2 rings (SSSR count). The Kier molecular flexibility index (Phi) is 5.15. The van der Waals surface area contributed by atoms with Gasteiger partial charge in [-0.05, 0) is 36.1 Å². The number of rotatable bonds is 6. The van der Waals surface area contributed by atoms with Gasteiger partial charge in [-0.1, -0.05) is 12.1 Å². The number of ether oxygens (including phenoxy) is 1. The standard InChI is InChI=1S/C16H18FNO3S/c1-16(20,14-4-3-7-22-14)10-18-15(19)9-11-5-6-13(21-2)12(17)8-11/h3-8,20H,9-10H2,1-2H3,(H,18,19). The molecule has 1 atom stereocenters. The minimum Gasteiger partial charge on any atom is -0.494 e. The third kappa shape index (κ3) is 4.05. The molecule has 1 amide bonds. The van der Waals surface area contributed by atoms with Crippen LogP contribution in [0.25, 0.3) is 0 Å². The molecule has 0 saturated carbocycles. The normalized spacial score (nSPS) is 13.5. The molecule has 0 bridgehead atoms. The summed E-state index contributed by atoms with van der Waals surface area (Å²) >= 11 is 1.43. The zero-order chi connectivity index (χ0) is 16.2. The van der Waals surface area contributed by atoms with E-state index in [4.69, 9.17) is 4.74 Å². The molecule has 0 radical (unpaired) electrons. The van der Waals surface area contributed by atoms with Gasteiger partial charge in [0.05, 0.1) is 20.1 Å². The van der Waals surface area contributed by atoms with Crippen LogP contribution in [0.4, 0.5) is 4.39 Å².